The van der Waals surface area contributed by atoms with Crippen LogP contribution in [0, 0.1) is 0 Å². The van der Waals surface area contributed by atoms with Crippen molar-refractivity contribution in [2.75, 3.05) is 46.2 Å². The van der Waals surface area contributed by atoms with Gasteiger partial charge in [-0.3, -0.25) is 9.88 Å². The quantitative estimate of drug-likeness (QED) is 0.787. The molecular weight excluding hydrogens is 216 g/mol. The first kappa shape index (κ1) is 13.4. The fourth-order valence-corrected chi connectivity index (χ4v) is 1.39. The maximum Gasteiger partial charge on any atom is 0.324 e. The Balaban J connectivity index is 2.83. The van der Waals surface area contributed by atoms with Crippen LogP contribution >= 0.6 is 0 Å². The van der Waals surface area contributed by atoms with Gasteiger partial charge in [-0.15, -0.1) is 0 Å². The van der Waals surface area contributed by atoms with Crippen molar-refractivity contribution < 1.29 is 4.79 Å². The van der Waals surface area contributed by atoms with Crippen molar-refractivity contribution in [2.45, 2.75) is 0 Å². The second-order valence-corrected chi connectivity index (χ2v) is 4.34. The zero-order chi connectivity index (χ0) is 12.8. The fourth-order valence-electron chi connectivity index (χ4n) is 1.39. The summed E-state index contributed by atoms with van der Waals surface area (Å²) >= 11 is 0. The molecule has 94 valence electrons. The van der Waals surface area contributed by atoms with E-state index in [1.165, 1.54) is 0 Å². The Hall–Kier alpha value is -1.62. The summed E-state index contributed by atoms with van der Waals surface area (Å²) in [6.45, 7) is 1.46. The summed E-state index contributed by atoms with van der Waals surface area (Å²) in [5.74, 6) is 0. The molecule has 17 heavy (non-hydrogen) atoms. The number of pyridine rings is 1. The Kier molecular flexibility index (Phi) is 4.90. The fraction of sp³-hybridized carbons (Fsp3) is 0.500. The van der Waals surface area contributed by atoms with E-state index in [0.29, 0.717) is 6.54 Å². The lowest BCUT2D eigenvalue weighted by molar-refractivity contribution is 0.223. The molecule has 0 aliphatic heterocycles. The predicted octanol–water partition coefficient (Wildman–Crippen LogP) is 1.13. The number of carbonyl (C=O) groups is 1. The molecule has 1 heterocycles. The van der Waals surface area contributed by atoms with Crippen LogP contribution in [-0.4, -0.2) is 62.1 Å². The first-order valence-electron chi connectivity index (χ1n) is 5.56. The standard InChI is InChI=1S/C12H20N4O/c1-14(2)8-9-16(12(17)15(3)4)11-6-5-7-13-10-11/h5-7,10H,8-9H2,1-4H3. The highest BCUT2D eigenvalue weighted by molar-refractivity contribution is 5.91. The molecule has 0 aliphatic rings. The third-order valence-electron chi connectivity index (χ3n) is 2.34. The van der Waals surface area contributed by atoms with Crippen LogP contribution in [0.3, 0.4) is 0 Å². The van der Waals surface area contributed by atoms with Gasteiger partial charge in [-0.25, -0.2) is 4.79 Å². The minimum absolute atomic E-state index is 0.0279. The van der Waals surface area contributed by atoms with Gasteiger partial charge in [0, 0.05) is 33.4 Å². The third-order valence-corrected chi connectivity index (χ3v) is 2.34. The van der Waals surface area contributed by atoms with Gasteiger partial charge >= 0.3 is 6.03 Å². The minimum Gasteiger partial charge on any atom is -0.330 e. The molecule has 5 nitrogen and oxygen atoms in total. The normalized spacial score (nSPS) is 10.4. The lowest BCUT2D eigenvalue weighted by atomic mass is 10.3. The Morgan fingerprint density at radius 1 is 1.24 bits per heavy atom. The maximum atomic E-state index is 12.1. The van der Waals surface area contributed by atoms with Crippen molar-refractivity contribution >= 4 is 11.7 Å². The average Bonchev–Trinajstić information content (AvgIpc) is 2.30. The second kappa shape index (κ2) is 6.20. The molecule has 0 radical (unpaired) electrons. The Labute approximate surface area is 103 Å². The molecule has 1 rings (SSSR count). The van der Waals surface area contributed by atoms with Gasteiger partial charge in [0.25, 0.3) is 0 Å². The summed E-state index contributed by atoms with van der Waals surface area (Å²) in [4.78, 5) is 21.5. The minimum atomic E-state index is -0.0279. The Bertz CT molecular complexity index is 351. The number of urea groups is 1. The van der Waals surface area contributed by atoms with Crippen molar-refractivity contribution in [1.29, 1.82) is 0 Å². The molecule has 1 aromatic heterocycles. The van der Waals surface area contributed by atoms with Crippen LogP contribution in [0.15, 0.2) is 24.5 Å². The number of rotatable bonds is 4. The van der Waals surface area contributed by atoms with E-state index in [4.69, 9.17) is 0 Å². The second-order valence-electron chi connectivity index (χ2n) is 4.34. The molecule has 0 bridgehead atoms. The van der Waals surface area contributed by atoms with E-state index in [1.807, 2.05) is 31.1 Å². The topological polar surface area (TPSA) is 39.7 Å². The molecule has 0 aliphatic carbocycles. The number of hydrogen-bond acceptors (Lipinski definition) is 3. The molecule has 2 amide bonds. The van der Waals surface area contributed by atoms with Crippen LogP contribution in [0.25, 0.3) is 0 Å². The van der Waals surface area contributed by atoms with Gasteiger partial charge in [-0.2, -0.15) is 0 Å². The summed E-state index contributed by atoms with van der Waals surface area (Å²) < 4.78 is 0. The molecule has 0 saturated heterocycles. The Morgan fingerprint density at radius 2 is 1.94 bits per heavy atom. The third kappa shape index (κ3) is 4.03. The molecule has 0 spiro atoms. The van der Waals surface area contributed by atoms with Crippen LogP contribution in [0.4, 0.5) is 10.5 Å². The molecular formula is C12H20N4O. The molecule has 0 unspecified atom stereocenters. The van der Waals surface area contributed by atoms with Gasteiger partial charge in [-0.05, 0) is 26.2 Å². The largest absolute Gasteiger partial charge is 0.330 e. The van der Waals surface area contributed by atoms with Crippen LogP contribution < -0.4 is 4.90 Å². The maximum absolute atomic E-state index is 12.1. The lowest BCUT2D eigenvalue weighted by Gasteiger charge is -2.27. The van der Waals surface area contributed by atoms with Crippen molar-refractivity contribution in [3.05, 3.63) is 24.5 Å². The van der Waals surface area contributed by atoms with Gasteiger partial charge in [0.1, 0.15) is 0 Å². The molecule has 0 aromatic carbocycles. The molecule has 1 aromatic rings. The summed E-state index contributed by atoms with van der Waals surface area (Å²) in [5.41, 5.74) is 0.827. The first-order chi connectivity index (χ1) is 8.02. The first-order valence-corrected chi connectivity index (χ1v) is 5.56. The van der Waals surface area contributed by atoms with E-state index in [2.05, 4.69) is 4.98 Å². The van der Waals surface area contributed by atoms with Crippen molar-refractivity contribution in [1.82, 2.24) is 14.8 Å². The molecule has 5 heteroatoms. The predicted molar refractivity (Wildman–Crippen MR) is 69.2 cm³/mol. The number of likely N-dealkylation sites (N-methyl/N-ethyl adjacent to an activating group) is 1. The van der Waals surface area contributed by atoms with Crippen molar-refractivity contribution in [2.24, 2.45) is 0 Å². The number of aromatic nitrogens is 1. The molecule has 0 N–H and O–H groups in total. The van der Waals surface area contributed by atoms with Crippen LogP contribution in [0.5, 0.6) is 0 Å². The highest BCUT2D eigenvalue weighted by Crippen LogP contribution is 2.13. The van der Waals surface area contributed by atoms with Crippen LogP contribution in [-0.2, 0) is 0 Å². The molecule has 0 atom stereocenters. The molecule has 0 fully saturated rings. The summed E-state index contributed by atoms with van der Waals surface area (Å²) in [6, 6.07) is 3.70. The zero-order valence-corrected chi connectivity index (χ0v) is 10.9. The van der Waals surface area contributed by atoms with E-state index >= 15 is 0 Å². The lowest BCUT2D eigenvalue weighted by Crippen LogP contribution is -2.42. The summed E-state index contributed by atoms with van der Waals surface area (Å²) in [6.07, 6.45) is 3.41. The number of anilines is 1. The van der Waals surface area contributed by atoms with Gasteiger partial charge in [-0.1, -0.05) is 0 Å². The average molecular weight is 236 g/mol. The number of nitrogens with zero attached hydrogens (tertiary/aromatic N) is 4. The number of hydrogen-bond donors (Lipinski definition) is 0. The van der Waals surface area contributed by atoms with E-state index in [1.54, 1.807) is 36.3 Å². The SMILES string of the molecule is CN(C)CCN(C(=O)N(C)C)c1cccnc1. The molecule has 0 saturated carbocycles. The van der Waals surface area contributed by atoms with Gasteiger partial charge in [0.05, 0.1) is 11.9 Å². The monoisotopic (exact) mass is 236 g/mol. The van der Waals surface area contributed by atoms with E-state index in [-0.39, 0.29) is 6.03 Å². The van der Waals surface area contributed by atoms with Crippen LogP contribution in [0.1, 0.15) is 0 Å². The highest BCUT2D eigenvalue weighted by Gasteiger charge is 2.17. The van der Waals surface area contributed by atoms with E-state index < -0.39 is 0 Å². The zero-order valence-electron chi connectivity index (χ0n) is 10.9. The smallest absolute Gasteiger partial charge is 0.324 e. The number of carbonyl (C=O) groups excluding carboxylic acids is 1. The summed E-state index contributed by atoms with van der Waals surface area (Å²) in [7, 11) is 7.48. The van der Waals surface area contributed by atoms with Crippen LogP contribution in [0.2, 0.25) is 0 Å². The van der Waals surface area contributed by atoms with E-state index in [0.717, 1.165) is 12.2 Å². The number of amides is 2. The van der Waals surface area contributed by atoms with E-state index in [9.17, 15) is 4.79 Å². The van der Waals surface area contributed by atoms with Crippen molar-refractivity contribution in [3.63, 3.8) is 0 Å². The summed E-state index contributed by atoms with van der Waals surface area (Å²) in [5, 5.41) is 0. The van der Waals surface area contributed by atoms with Gasteiger partial charge in [0.15, 0.2) is 0 Å². The van der Waals surface area contributed by atoms with Gasteiger partial charge < -0.3 is 9.80 Å². The van der Waals surface area contributed by atoms with Gasteiger partial charge in [0.2, 0.25) is 0 Å². The van der Waals surface area contributed by atoms with Crippen molar-refractivity contribution in [3.8, 4) is 0 Å². The Morgan fingerprint density at radius 3 is 2.41 bits per heavy atom. The highest BCUT2D eigenvalue weighted by atomic mass is 16.2.